The fraction of sp³-hybridized carbons (Fsp3) is 0.385. The van der Waals surface area contributed by atoms with Crippen LogP contribution in [0.1, 0.15) is 19.5 Å². The first-order valence-corrected chi connectivity index (χ1v) is 5.92. The van der Waals surface area contributed by atoms with Crippen LogP contribution in [-0.4, -0.2) is 33.3 Å². The van der Waals surface area contributed by atoms with Crippen LogP contribution < -0.4 is 0 Å². The highest BCUT2D eigenvalue weighted by molar-refractivity contribution is 5.32. The van der Waals surface area contributed by atoms with Gasteiger partial charge in [0.1, 0.15) is 5.60 Å². The van der Waals surface area contributed by atoms with E-state index in [2.05, 4.69) is 10.3 Å². The minimum absolute atomic E-state index is 0.212. The molecule has 1 unspecified atom stereocenters. The normalized spacial score (nSPS) is 14.4. The van der Waals surface area contributed by atoms with Crippen molar-refractivity contribution in [1.82, 2.24) is 15.0 Å². The summed E-state index contributed by atoms with van der Waals surface area (Å²) in [5.74, 6) is 0. The average molecular weight is 247 g/mol. The molecule has 0 aliphatic heterocycles. The Morgan fingerprint density at radius 2 is 2.06 bits per heavy atom. The molecule has 5 nitrogen and oxygen atoms in total. The summed E-state index contributed by atoms with van der Waals surface area (Å²) in [5, 5.41) is 18.3. The molecule has 1 aromatic heterocycles. The molecule has 18 heavy (non-hydrogen) atoms. The molecule has 96 valence electrons. The number of hydrogen-bond acceptors (Lipinski definition) is 4. The number of hydrogen-bond donors (Lipinski definition) is 1. The molecule has 1 heterocycles. The van der Waals surface area contributed by atoms with Crippen molar-refractivity contribution in [3.63, 3.8) is 0 Å². The minimum Gasteiger partial charge on any atom is -0.381 e. The van der Waals surface area contributed by atoms with Crippen LogP contribution in [0.4, 0.5) is 0 Å². The molecule has 0 radical (unpaired) electrons. The maximum atomic E-state index is 10.4. The molecule has 1 N–H and O–H groups in total. The van der Waals surface area contributed by atoms with Crippen LogP contribution in [0.3, 0.4) is 0 Å². The average Bonchev–Trinajstić information content (AvgIpc) is 2.87. The predicted octanol–water partition coefficient (Wildman–Crippen LogP) is 1.51. The van der Waals surface area contributed by atoms with E-state index in [1.165, 1.54) is 0 Å². The molecule has 0 spiro atoms. The van der Waals surface area contributed by atoms with Gasteiger partial charge in [-0.2, -0.15) is 0 Å². The first-order valence-electron chi connectivity index (χ1n) is 5.92. The lowest BCUT2D eigenvalue weighted by Crippen LogP contribution is -2.30. The molecule has 0 fully saturated rings. The lowest BCUT2D eigenvalue weighted by molar-refractivity contribution is -0.0386. The van der Waals surface area contributed by atoms with E-state index in [1.54, 1.807) is 17.8 Å². The molecular weight excluding hydrogens is 230 g/mol. The van der Waals surface area contributed by atoms with Gasteiger partial charge >= 0.3 is 0 Å². The monoisotopic (exact) mass is 247 g/mol. The van der Waals surface area contributed by atoms with Gasteiger partial charge in [0, 0.05) is 6.61 Å². The van der Waals surface area contributed by atoms with Gasteiger partial charge in [-0.25, -0.2) is 4.68 Å². The quantitative estimate of drug-likeness (QED) is 0.870. The summed E-state index contributed by atoms with van der Waals surface area (Å²) in [6.45, 7) is 4.36. The van der Waals surface area contributed by atoms with Crippen molar-refractivity contribution >= 4 is 0 Å². The molecule has 0 saturated carbocycles. The Kier molecular flexibility index (Phi) is 3.74. The van der Waals surface area contributed by atoms with Crippen molar-refractivity contribution in [2.45, 2.75) is 19.4 Å². The maximum Gasteiger partial charge on any atom is 0.129 e. The van der Waals surface area contributed by atoms with Crippen molar-refractivity contribution in [1.29, 1.82) is 0 Å². The van der Waals surface area contributed by atoms with Crippen molar-refractivity contribution < 1.29 is 9.84 Å². The molecule has 2 aromatic rings. The summed E-state index contributed by atoms with van der Waals surface area (Å²) in [6.07, 6.45) is 1.56. The van der Waals surface area contributed by atoms with Crippen LogP contribution in [0.25, 0.3) is 5.69 Å². The van der Waals surface area contributed by atoms with Crippen molar-refractivity contribution in [2.24, 2.45) is 0 Å². The largest absolute Gasteiger partial charge is 0.381 e. The molecule has 0 aliphatic carbocycles. The Balaban J connectivity index is 2.33. The summed E-state index contributed by atoms with van der Waals surface area (Å²) in [4.78, 5) is 0. The van der Waals surface area contributed by atoms with Crippen LogP contribution in [0.5, 0.6) is 0 Å². The van der Waals surface area contributed by atoms with Crippen molar-refractivity contribution in [3.05, 3.63) is 42.2 Å². The van der Waals surface area contributed by atoms with Crippen molar-refractivity contribution in [3.8, 4) is 5.69 Å². The summed E-state index contributed by atoms with van der Waals surface area (Å²) in [7, 11) is 0. The molecule has 0 saturated heterocycles. The SMILES string of the molecule is CCOCC(C)(O)c1cnnn1-c1ccccc1. The van der Waals surface area contributed by atoms with Gasteiger partial charge in [-0.1, -0.05) is 23.4 Å². The number of nitrogens with zero attached hydrogens (tertiary/aromatic N) is 3. The van der Waals surface area contributed by atoms with E-state index < -0.39 is 5.60 Å². The predicted molar refractivity (Wildman–Crippen MR) is 67.4 cm³/mol. The third-order valence-corrected chi connectivity index (χ3v) is 2.69. The molecular formula is C13H17N3O2. The number of aliphatic hydroxyl groups is 1. The zero-order valence-corrected chi connectivity index (χ0v) is 10.6. The van der Waals surface area contributed by atoms with Gasteiger partial charge in [-0.15, -0.1) is 5.10 Å². The van der Waals surface area contributed by atoms with Gasteiger partial charge < -0.3 is 9.84 Å². The van der Waals surface area contributed by atoms with Gasteiger partial charge in [-0.05, 0) is 26.0 Å². The van der Waals surface area contributed by atoms with Crippen LogP contribution in [-0.2, 0) is 10.3 Å². The van der Waals surface area contributed by atoms with Gasteiger partial charge in [-0.3, -0.25) is 0 Å². The highest BCUT2D eigenvalue weighted by Crippen LogP contribution is 2.22. The Labute approximate surface area is 106 Å². The van der Waals surface area contributed by atoms with E-state index in [9.17, 15) is 5.11 Å². The van der Waals surface area contributed by atoms with Crippen LogP contribution >= 0.6 is 0 Å². The summed E-state index contributed by atoms with van der Waals surface area (Å²) >= 11 is 0. The van der Waals surface area contributed by atoms with E-state index >= 15 is 0 Å². The standard InChI is InChI=1S/C13H17N3O2/c1-3-18-10-13(2,17)12-9-14-15-16(12)11-7-5-4-6-8-11/h4-9,17H,3,10H2,1-2H3. The topological polar surface area (TPSA) is 60.2 Å². The number of benzene rings is 1. The summed E-state index contributed by atoms with van der Waals surface area (Å²) < 4.78 is 6.92. The molecule has 1 atom stereocenters. The Morgan fingerprint density at radius 3 is 2.72 bits per heavy atom. The van der Waals surface area contributed by atoms with Gasteiger partial charge in [0.05, 0.1) is 24.2 Å². The smallest absolute Gasteiger partial charge is 0.129 e. The van der Waals surface area contributed by atoms with Crippen LogP contribution in [0.2, 0.25) is 0 Å². The van der Waals surface area contributed by atoms with Crippen LogP contribution in [0, 0.1) is 0 Å². The van der Waals surface area contributed by atoms with E-state index in [1.807, 2.05) is 37.3 Å². The second-order valence-corrected chi connectivity index (χ2v) is 4.28. The molecule has 0 bridgehead atoms. The van der Waals surface area contributed by atoms with Gasteiger partial charge in [0.2, 0.25) is 0 Å². The zero-order valence-electron chi connectivity index (χ0n) is 10.6. The van der Waals surface area contributed by atoms with Crippen molar-refractivity contribution in [2.75, 3.05) is 13.2 Å². The maximum absolute atomic E-state index is 10.4. The zero-order chi connectivity index (χ0) is 13.0. The fourth-order valence-corrected chi connectivity index (χ4v) is 1.74. The Hall–Kier alpha value is -1.72. The fourth-order valence-electron chi connectivity index (χ4n) is 1.74. The van der Waals surface area contributed by atoms with E-state index in [0.717, 1.165) is 5.69 Å². The molecule has 2 rings (SSSR count). The Bertz CT molecular complexity index is 494. The molecule has 5 heteroatoms. The van der Waals surface area contributed by atoms with E-state index in [4.69, 9.17) is 4.74 Å². The molecule has 0 aliphatic rings. The third kappa shape index (κ3) is 2.57. The van der Waals surface area contributed by atoms with E-state index in [0.29, 0.717) is 12.3 Å². The van der Waals surface area contributed by atoms with Gasteiger partial charge in [0.15, 0.2) is 0 Å². The number of para-hydroxylation sites is 1. The first-order chi connectivity index (χ1) is 8.65. The molecule has 1 aromatic carbocycles. The van der Waals surface area contributed by atoms with E-state index in [-0.39, 0.29) is 6.61 Å². The molecule has 0 amide bonds. The second kappa shape index (κ2) is 5.29. The highest BCUT2D eigenvalue weighted by Gasteiger charge is 2.28. The third-order valence-electron chi connectivity index (χ3n) is 2.69. The number of aromatic nitrogens is 3. The lowest BCUT2D eigenvalue weighted by Gasteiger charge is -2.23. The highest BCUT2D eigenvalue weighted by atomic mass is 16.5. The lowest BCUT2D eigenvalue weighted by atomic mass is 10.0. The first kappa shape index (κ1) is 12.7. The minimum atomic E-state index is -1.12. The summed E-state index contributed by atoms with van der Waals surface area (Å²) in [5.41, 5.74) is 0.360. The van der Waals surface area contributed by atoms with Gasteiger partial charge in [0.25, 0.3) is 0 Å². The second-order valence-electron chi connectivity index (χ2n) is 4.28. The van der Waals surface area contributed by atoms with Crippen LogP contribution in [0.15, 0.2) is 36.5 Å². The number of ether oxygens (including phenoxy) is 1. The number of rotatable bonds is 5. The summed E-state index contributed by atoms with van der Waals surface area (Å²) in [6, 6.07) is 9.58. The Morgan fingerprint density at radius 1 is 1.33 bits per heavy atom.